The van der Waals surface area contributed by atoms with Crippen LogP contribution in [0, 0.1) is 25.5 Å². The number of hydrogen-bond donors (Lipinski definition) is 0. The van der Waals surface area contributed by atoms with Crippen LogP contribution in [0.1, 0.15) is 21.5 Å². The number of hydrogen-bond acceptors (Lipinski definition) is 3. The Kier molecular flexibility index (Phi) is 5.92. The minimum absolute atomic E-state index is 0.0680. The molecule has 2 aromatic carbocycles. The highest BCUT2D eigenvalue weighted by Gasteiger charge is 2.25. The maximum atomic E-state index is 13.3. The summed E-state index contributed by atoms with van der Waals surface area (Å²) in [5.41, 5.74) is 2.11. The van der Waals surface area contributed by atoms with Gasteiger partial charge < -0.3 is 14.5 Å². The molecule has 5 nitrogen and oxygen atoms in total. The largest absolute Gasteiger partial charge is 0.483 e. The van der Waals surface area contributed by atoms with Crippen LogP contribution < -0.4 is 4.74 Å². The summed E-state index contributed by atoms with van der Waals surface area (Å²) in [7, 11) is 0. The standard InChI is InChI=1S/C21H22F2N2O3/c1-14-3-4-15(2)19(11-14)28-13-20(26)24-7-9-25(10-8-24)21(27)16-5-6-17(22)18(23)12-16/h3-6,11-12H,7-10,13H2,1-2H3. The molecule has 1 aliphatic heterocycles. The first kappa shape index (κ1) is 19.8. The Hall–Kier alpha value is -2.96. The normalized spacial score (nSPS) is 14.1. The van der Waals surface area contributed by atoms with E-state index in [1.165, 1.54) is 11.0 Å². The fourth-order valence-electron chi connectivity index (χ4n) is 3.06. The molecule has 0 saturated carbocycles. The molecule has 2 amide bonds. The van der Waals surface area contributed by atoms with Crippen LogP contribution >= 0.6 is 0 Å². The first-order valence-corrected chi connectivity index (χ1v) is 9.07. The summed E-state index contributed by atoms with van der Waals surface area (Å²) in [6.07, 6.45) is 0. The molecular formula is C21H22F2N2O3. The van der Waals surface area contributed by atoms with Gasteiger partial charge in [0.15, 0.2) is 18.2 Å². The summed E-state index contributed by atoms with van der Waals surface area (Å²) >= 11 is 0. The van der Waals surface area contributed by atoms with Crippen LogP contribution in [0.3, 0.4) is 0 Å². The van der Waals surface area contributed by atoms with Crippen molar-refractivity contribution in [3.05, 3.63) is 64.7 Å². The van der Waals surface area contributed by atoms with Gasteiger partial charge in [-0.3, -0.25) is 9.59 Å². The molecule has 1 heterocycles. The molecule has 0 aromatic heterocycles. The highest BCUT2D eigenvalue weighted by atomic mass is 19.2. The van der Waals surface area contributed by atoms with Crippen molar-refractivity contribution in [2.45, 2.75) is 13.8 Å². The molecular weight excluding hydrogens is 366 g/mol. The van der Waals surface area contributed by atoms with Crippen molar-refractivity contribution in [2.75, 3.05) is 32.8 Å². The van der Waals surface area contributed by atoms with Gasteiger partial charge in [-0.1, -0.05) is 12.1 Å². The molecule has 148 valence electrons. The maximum absolute atomic E-state index is 13.3. The van der Waals surface area contributed by atoms with E-state index in [2.05, 4.69) is 0 Å². The van der Waals surface area contributed by atoms with E-state index in [9.17, 15) is 18.4 Å². The van der Waals surface area contributed by atoms with Crippen molar-refractivity contribution in [3.63, 3.8) is 0 Å². The SMILES string of the molecule is Cc1ccc(C)c(OCC(=O)N2CCN(C(=O)c3ccc(F)c(F)c3)CC2)c1. The van der Waals surface area contributed by atoms with E-state index in [1.807, 2.05) is 32.0 Å². The average Bonchev–Trinajstić information content (AvgIpc) is 2.70. The van der Waals surface area contributed by atoms with Crippen molar-refractivity contribution in [1.29, 1.82) is 0 Å². The molecule has 0 unspecified atom stereocenters. The summed E-state index contributed by atoms with van der Waals surface area (Å²) in [5.74, 6) is -1.89. The third-order valence-corrected chi connectivity index (χ3v) is 4.78. The molecule has 3 rings (SSSR count). The third kappa shape index (κ3) is 4.47. The fraction of sp³-hybridized carbons (Fsp3) is 0.333. The number of amides is 2. The van der Waals surface area contributed by atoms with Gasteiger partial charge in [0.25, 0.3) is 11.8 Å². The lowest BCUT2D eigenvalue weighted by molar-refractivity contribution is -0.134. The van der Waals surface area contributed by atoms with Crippen molar-refractivity contribution in [2.24, 2.45) is 0 Å². The Morgan fingerprint density at radius 1 is 0.929 bits per heavy atom. The van der Waals surface area contributed by atoms with Gasteiger partial charge in [-0.05, 0) is 49.2 Å². The highest BCUT2D eigenvalue weighted by Crippen LogP contribution is 2.19. The van der Waals surface area contributed by atoms with Gasteiger partial charge in [0.2, 0.25) is 0 Å². The molecule has 0 atom stereocenters. The van der Waals surface area contributed by atoms with E-state index in [-0.39, 0.29) is 24.0 Å². The first-order valence-electron chi connectivity index (χ1n) is 9.07. The quantitative estimate of drug-likeness (QED) is 0.809. The third-order valence-electron chi connectivity index (χ3n) is 4.78. The second-order valence-electron chi connectivity index (χ2n) is 6.86. The topological polar surface area (TPSA) is 49.9 Å². The van der Waals surface area contributed by atoms with Crippen molar-refractivity contribution in [3.8, 4) is 5.75 Å². The van der Waals surface area contributed by atoms with E-state index in [0.29, 0.717) is 31.9 Å². The first-order chi connectivity index (χ1) is 13.3. The summed E-state index contributed by atoms with van der Waals surface area (Å²) < 4.78 is 32.0. The second kappa shape index (κ2) is 8.37. The van der Waals surface area contributed by atoms with Crippen LogP contribution in [0.5, 0.6) is 5.75 Å². The van der Waals surface area contributed by atoms with Gasteiger partial charge in [0, 0.05) is 31.7 Å². The lowest BCUT2D eigenvalue weighted by Gasteiger charge is -2.34. The van der Waals surface area contributed by atoms with E-state index in [0.717, 1.165) is 23.3 Å². The lowest BCUT2D eigenvalue weighted by Crippen LogP contribution is -2.51. The molecule has 0 N–H and O–H groups in total. The molecule has 1 saturated heterocycles. The Labute approximate surface area is 162 Å². The number of halogens is 2. The summed E-state index contributed by atoms with van der Waals surface area (Å²) in [6.45, 7) is 5.19. The van der Waals surface area contributed by atoms with Crippen molar-refractivity contribution >= 4 is 11.8 Å². The Morgan fingerprint density at radius 3 is 2.29 bits per heavy atom. The Bertz CT molecular complexity index is 893. The van der Waals surface area contributed by atoms with Gasteiger partial charge in [-0.2, -0.15) is 0 Å². The predicted molar refractivity (Wildman–Crippen MR) is 100 cm³/mol. The van der Waals surface area contributed by atoms with E-state index >= 15 is 0 Å². The molecule has 1 fully saturated rings. The molecule has 7 heteroatoms. The molecule has 0 radical (unpaired) electrons. The number of aryl methyl sites for hydroxylation is 2. The van der Waals surface area contributed by atoms with E-state index < -0.39 is 11.6 Å². The average molecular weight is 388 g/mol. The maximum Gasteiger partial charge on any atom is 0.260 e. The number of carbonyl (C=O) groups is 2. The summed E-state index contributed by atoms with van der Waals surface area (Å²) in [6, 6.07) is 8.91. The van der Waals surface area contributed by atoms with Crippen LogP contribution in [0.25, 0.3) is 0 Å². The van der Waals surface area contributed by atoms with Gasteiger partial charge in [0.1, 0.15) is 5.75 Å². The van der Waals surface area contributed by atoms with Crippen molar-refractivity contribution in [1.82, 2.24) is 9.80 Å². The molecule has 1 aliphatic rings. The Balaban J connectivity index is 1.53. The van der Waals surface area contributed by atoms with Crippen LogP contribution in [-0.2, 0) is 4.79 Å². The van der Waals surface area contributed by atoms with Crippen LogP contribution in [0.2, 0.25) is 0 Å². The lowest BCUT2D eigenvalue weighted by atomic mass is 10.1. The molecule has 0 aliphatic carbocycles. The monoisotopic (exact) mass is 388 g/mol. The zero-order chi connectivity index (χ0) is 20.3. The van der Waals surface area contributed by atoms with Crippen molar-refractivity contribution < 1.29 is 23.1 Å². The number of ether oxygens (including phenoxy) is 1. The highest BCUT2D eigenvalue weighted by molar-refractivity contribution is 5.94. The van der Waals surface area contributed by atoms with Crippen LogP contribution in [0.4, 0.5) is 8.78 Å². The number of rotatable bonds is 4. The smallest absolute Gasteiger partial charge is 0.260 e. The zero-order valence-electron chi connectivity index (χ0n) is 15.9. The van der Waals surface area contributed by atoms with Crippen LogP contribution in [0.15, 0.2) is 36.4 Å². The van der Waals surface area contributed by atoms with Crippen LogP contribution in [-0.4, -0.2) is 54.4 Å². The van der Waals surface area contributed by atoms with E-state index in [4.69, 9.17) is 4.74 Å². The number of nitrogens with zero attached hydrogens (tertiary/aromatic N) is 2. The van der Waals surface area contributed by atoms with E-state index in [1.54, 1.807) is 4.90 Å². The molecule has 0 bridgehead atoms. The summed E-state index contributed by atoms with van der Waals surface area (Å²) in [5, 5.41) is 0. The van der Waals surface area contributed by atoms with Gasteiger partial charge in [-0.25, -0.2) is 8.78 Å². The fourth-order valence-corrected chi connectivity index (χ4v) is 3.06. The molecule has 2 aromatic rings. The van der Waals surface area contributed by atoms with Gasteiger partial charge in [-0.15, -0.1) is 0 Å². The minimum Gasteiger partial charge on any atom is -0.483 e. The van der Waals surface area contributed by atoms with Gasteiger partial charge >= 0.3 is 0 Å². The number of benzene rings is 2. The summed E-state index contributed by atoms with van der Waals surface area (Å²) in [4.78, 5) is 28.0. The van der Waals surface area contributed by atoms with Gasteiger partial charge in [0.05, 0.1) is 0 Å². The molecule has 0 spiro atoms. The molecule has 28 heavy (non-hydrogen) atoms. The number of carbonyl (C=O) groups excluding carboxylic acids is 2. The minimum atomic E-state index is -1.05. The Morgan fingerprint density at radius 2 is 1.61 bits per heavy atom. The zero-order valence-corrected chi connectivity index (χ0v) is 15.9. The second-order valence-corrected chi connectivity index (χ2v) is 6.86. The number of piperazine rings is 1. The predicted octanol–water partition coefficient (Wildman–Crippen LogP) is 2.95.